The van der Waals surface area contributed by atoms with Gasteiger partial charge in [0.2, 0.25) is 0 Å². The summed E-state index contributed by atoms with van der Waals surface area (Å²) in [6.07, 6.45) is 2.51. The second kappa shape index (κ2) is 3.36. The summed E-state index contributed by atoms with van der Waals surface area (Å²) in [4.78, 5) is 4.05. The van der Waals surface area contributed by atoms with E-state index in [0.29, 0.717) is 11.1 Å². The molecule has 74 valence electrons. The van der Waals surface area contributed by atoms with E-state index in [0.717, 1.165) is 5.56 Å². The highest BCUT2D eigenvalue weighted by molar-refractivity contribution is 5.75. The number of aliphatic hydroxyl groups excluding tert-OH is 1. The quantitative estimate of drug-likeness (QED) is 0.729. The van der Waals surface area contributed by atoms with Crippen LogP contribution in [0, 0.1) is 0 Å². The van der Waals surface area contributed by atoms with Crippen molar-refractivity contribution in [3.8, 4) is 0 Å². The molecule has 2 rings (SSSR count). The third-order valence-corrected chi connectivity index (χ3v) is 2.16. The number of nitrogens with two attached hydrogens (primary N) is 1. The Morgan fingerprint density at radius 2 is 2.36 bits per heavy atom. The molecule has 0 aliphatic rings. The molecule has 2 aromatic rings. The summed E-state index contributed by atoms with van der Waals surface area (Å²) in [7, 11) is 0. The number of rotatable bonds is 2. The van der Waals surface area contributed by atoms with E-state index in [-0.39, 0.29) is 0 Å². The average Bonchev–Trinajstić information content (AvgIpc) is 2.63. The van der Waals surface area contributed by atoms with Crippen molar-refractivity contribution in [3.63, 3.8) is 0 Å². The zero-order chi connectivity index (χ0) is 10.1. The van der Waals surface area contributed by atoms with Crippen LogP contribution in [0.25, 0.3) is 11.1 Å². The highest BCUT2D eigenvalue weighted by Crippen LogP contribution is 2.22. The Kier molecular flexibility index (Phi) is 2.18. The largest absolute Gasteiger partial charge is 0.391 e. The van der Waals surface area contributed by atoms with Crippen LogP contribution in [0.15, 0.2) is 23.0 Å². The molecule has 5 heteroatoms. The molecule has 0 saturated carbocycles. The summed E-state index contributed by atoms with van der Waals surface area (Å²) in [6.45, 7) is 1.63. The van der Waals surface area contributed by atoms with Gasteiger partial charge in [-0.05, 0) is 13.0 Å². The van der Waals surface area contributed by atoms with Crippen LogP contribution < -0.4 is 5.73 Å². The number of aliphatic hydroxyl groups is 1. The molecular formula is C9H11N3O2. The minimum atomic E-state index is -0.634. The second-order valence-electron chi connectivity index (χ2n) is 3.21. The Morgan fingerprint density at radius 1 is 1.57 bits per heavy atom. The summed E-state index contributed by atoms with van der Waals surface area (Å²) in [6, 6.07) is 1.25. The van der Waals surface area contributed by atoms with E-state index in [1.54, 1.807) is 19.2 Å². The minimum Gasteiger partial charge on any atom is -0.391 e. The third-order valence-electron chi connectivity index (χ3n) is 2.16. The van der Waals surface area contributed by atoms with E-state index >= 15 is 0 Å². The van der Waals surface area contributed by atoms with E-state index in [1.165, 1.54) is 6.20 Å². The van der Waals surface area contributed by atoms with Gasteiger partial charge in [-0.3, -0.25) is 4.98 Å². The van der Waals surface area contributed by atoms with Crippen LogP contribution in [-0.4, -0.2) is 21.4 Å². The van der Waals surface area contributed by atoms with Crippen molar-refractivity contribution in [2.24, 2.45) is 5.73 Å². The van der Waals surface area contributed by atoms with Crippen LogP contribution in [0.5, 0.6) is 0 Å². The molecule has 2 heterocycles. The number of fused-ring (bicyclic) bond motifs is 1. The van der Waals surface area contributed by atoms with Crippen molar-refractivity contribution in [2.75, 3.05) is 0 Å². The van der Waals surface area contributed by atoms with Gasteiger partial charge in [0.15, 0.2) is 5.58 Å². The van der Waals surface area contributed by atoms with Gasteiger partial charge in [-0.25, -0.2) is 0 Å². The highest BCUT2D eigenvalue weighted by atomic mass is 16.5. The standard InChI is InChI=1S/C9H11N3O2/c1-5(13)8(10)6-2-3-11-7-4-12-14-9(6)7/h2-5,8,13H,10H2,1H3. The number of hydrogen-bond donors (Lipinski definition) is 2. The van der Waals surface area contributed by atoms with Gasteiger partial charge in [-0.1, -0.05) is 5.16 Å². The van der Waals surface area contributed by atoms with Crippen LogP contribution in [0.1, 0.15) is 18.5 Å². The van der Waals surface area contributed by atoms with Gasteiger partial charge in [0.25, 0.3) is 0 Å². The van der Waals surface area contributed by atoms with Gasteiger partial charge in [-0.15, -0.1) is 0 Å². The lowest BCUT2D eigenvalue weighted by Crippen LogP contribution is -2.23. The Morgan fingerprint density at radius 3 is 3.07 bits per heavy atom. The molecule has 2 aromatic heterocycles. The Bertz CT molecular complexity index is 438. The van der Waals surface area contributed by atoms with E-state index in [2.05, 4.69) is 10.1 Å². The summed E-state index contributed by atoms with van der Waals surface area (Å²) in [5, 5.41) is 13.0. The number of aromatic nitrogens is 2. The van der Waals surface area contributed by atoms with E-state index in [1.807, 2.05) is 0 Å². The zero-order valence-electron chi connectivity index (χ0n) is 7.71. The van der Waals surface area contributed by atoms with Gasteiger partial charge in [-0.2, -0.15) is 0 Å². The first kappa shape index (κ1) is 9.11. The maximum absolute atomic E-state index is 9.36. The fourth-order valence-corrected chi connectivity index (χ4v) is 1.32. The molecule has 0 saturated heterocycles. The third kappa shape index (κ3) is 1.36. The highest BCUT2D eigenvalue weighted by Gasteiger charge is 2.17. The summed E-state index contributed by atoms with van der Waals surface area (Å²) in [5.41, 5.74) is 7.72. The van der Waals surface area contributed by atoms with Gasteiger partial charge >= 0.3 is 0 Å². The average molecular weight is 193 g/mol. The van der Waals surface area contributed by atoms with E-state index < -0.39 is 12.1 Å². The van der Waals surface area contributed by atoms with E-state index in [9.17, 15) is 5.11 Å². The molecule has 0 radical (unpaired) electrons. The van der Waals surface area contributed by atoms with E-state index in [4.69, 9.17) is 10.3 Å². The van der Waals surface area contributed by atoms with Gasteiger partial charge in [0, 0.05) is 11.8 Å². The molecule has 2 unspecified atom stereocenters. The smallest absolute Gasteiger partial charge is 0.190 e. The molecule has 5 nitrogen and oxygen atoms in total. The Balaban J connectivity index is 2.56. The number of nitrogens with zero attached hydrogens (tertiary/aromatic N) is 2. The maximum Gasteiger partial charge on any atom is 0.190 e. The summed E-state index contributed by atoms with van der Waals surface area (Å²) in [5.74, 6) is 0. The van der Waals surface area contributed by atoms with Crippen molar-refractivity contribution < 1.29 is 9.63 Å². The van der Waals surface area contributed by atoms with Crippen molar-refractivity contribution in [1.82, 2.24) is 10.1 Å². The fourth-order valence-electron chi connectivity index (χ4n) is 1.32. The van der Waals surface area contributed by atoms with Crippen molar-refractivity contribution in [1.29, 1.82) is 0 Å². The molecule has 2 atom stereocenters. The van der Waals surface area contributed by atoms with Crippen LogP contribution in [0.3, 0.4) is 0 Å². The predicted molar refractivity (Wildman–Crippen MR) is 50.4 cm³/mol. The first-order chi connectivity index (χ1) is 6.70. The maximum atomic E-state index is 9.36. The Hall–Kier alpha value is -1.46. The first-order valence-corrected chi connectivity index (χ1v) is 4.33. The second-order valence-corrected chi connectivity index (χ2v) is 3.21. The molecule has 3 N–H and O–H groups in total. The lowest BCUT2D eigenvalue weighted by atomic mass is 10.0. The normalized spacial score (nSPS) is 15.6. The topological polar surface area (TPSA) is 85.2 Å². The molecule has 0 bridgehead atoms. The summed E-state index contributed by atoms with van der Waals surface area (Å²) >= 11 is 0. The lowest BCUT2D eigenvalue weighted by molar-refractivity contribution is 0.164. The molecule has 14 heavy (non-hydrogen) atoms. The molecule has 0 fully saturated rings. The van der Waals surface area contributed by atoms with Crippen LogP contribution in [-0.2, 0) is 0 Å². The predicted octanol–water partition coefficient (Wildman–Crippen LogP) is 0.603. The molecule has 0 amide bonds. The van der Waals surface area contributed by atoms with Crippen molar-refractivity contribution in [3.05, 3.63) is 24.0 Å². The van der Waals surface area contributed by atoms with Gasteiger partial charge in [0.1, 0.15) is 5.52 Å². The molecule has 0 aliphatic carbocycles. The fraction of sp³-hybridized carbons (Fsp3) is 0.333. The first-order valence-electron chi connectivity index (χ1n) is 4.33. The molecule has 0 aliphatic heterocycles. The van der Waals surface area contributed by atoms with Crippen molar-refractivity contribution >= 4 is 11.1 Å². The molecule has 0 spiro atoms. The van der Waals surface area contributed by atoms with Crippen molar-refractivity contribution in [2.45, 2.75) is 19.1 Å². The molecular weight excluding hydrogens is 182 g/mol. The SMILES string of the molecule is CC(O)C(N)c1ccnc2cnoc12. The van der Waals surface area contributed by atoms with Gasteiger partial charge < -0.3 is 15.4 Å². The zero-order valence-corrected chi connectivity index (χ0v) is 7.71. The monoisotopic (exact) mass is 193 g/mol. The summed E-state index contributed by atoms with van der Waals surface area (Å²) < 4.78 is 5.02. The number of pyridine rings is 1. The molecule has 0 aromatic carbocycles. The Labute approximate surface area is 80.5 Å². The lowest BCUT2D eigenvalue weighted by Gasteiger charge is -2.14. The van der Waals surface area contributed by atoms with Gasteiger partial charge in [0.05, 0.1) is 18.3 Å². The van der Waals surface area contributed by atoms with Crippen LogP contribution >= 0.6 is 0 Å². The van der Waals surface area contributed by atoms with Crippen LogP contribution in [0.4, 0.5) is 0 Å². The van der Waals surface area contributed by atoms with Crippen LogP contribution in [0.2, 0.25) is 0 Å². The number of hydrogen-bond acceptors (Lipinski definition) is 5. The minimum absolute atomic E-state index is 0.478.